The molecular weight excluding hydrogens is 363 g/mol. The van der Waals surface area contributed by atoms with E-state index in [1.165, 1.54) is 0 Å². The first-order valence-electron chi connectivity index (χ1n) is 7.67. The minimum Gasteiger partial charge on any atom is -0.436 e. The van der Waals surface area contributed by atoms with Crippen LogP contribution in [0.4, 0.5) is 5.69 Å². The third-order valence-electron chi connectivity index (χ3n) is 4.20. The highest BCUT2D eigenvalue weighted by Gasteiger charge is 2.34. The van der Waals surface area contributed by atoms with E-state index < -0.39 is 11.2 Å². The summed E-state index contributed by atoms with van der Waals surface area (Å²) in [4.78, 5) is 29.5. The van der Waals surface area contributed by atoms with Crippen LogP contribution in [0.25, 0.3) is 22.6 Å². The Morgan fingerprint density at radius 3 is 2.80 bits per heavy atom. The lowest BCUT2D eigenvalue weighted by Gasteiger charge is -2.15. The van der Waals surface area contributed by atoms with Gasteiger partial charge in [-0.05, 0) is 48.0 Å². The number of aromatic nitrogens is 1. The van der Waals surface area contributed by atoms with Gasteiger partial charge in [0.2, 0.25) is 17.0 Å². The Bertz CT molecular complexity index is 999. The zero-order chi connectivity index (χ0) is 17.6. The highest BCUT2D eigenvalue weighted by molar-refractivity contribution is 6.64. The van der Waals surface area contributed by atoms with Gasteiger partial charge in [0.05, 0.1) is 5.92 Å². The molecule has 1 fully saturated rings. The Morgan fingerprint density at radius 1 is 1.24 bits per heavy atom. The van der Waals surface area contributed by atoms with E-state index in [4.69, 9.17) is 27.6 Å². The van der Waals surface area contributed by atoms with Gasteiger partial charge < -0.3 is 9.32 Å². The van der Waals surface area contributed by atoms with Crippen molar-refractivity contribution >= 4 is 51.1 Å². The topological polar surface area (TPSA) is 63.4 Å². The van der Waals surface area contributed by atoms with Crippen LogP contribution in [0.5, 0.6) is 0 Å². The third-order valence-corrected chi connectivity index (χ3v) is 4.74. The van der Waals surface area contributed by atoms with Crippen molar-refractivity contribution in [2.24, 2.45) is 5.92 Å². The van der Waals surface area contributed by atoms with E-state index in [1.54, 1.807) is 35.2 Å². The number of carbonyl (C=O) groups excluding carboxylic acids is 2. The van der Waals surface area contributed by atoms with Crippen LogP contribution in [0.1, 0.15) is 6.42 Å². The maximum Gasteiger partial charge on any atom is 0.227 e. The molecule has 2 aromatic carbocycles. The molecule has 1 aliphatic rings. The van der Waals surface area contributed by atoms with Gasteiger partial charge in [-0.1, -0.05) is 17.7 Å². The van der Waals surface area contributed by atoms with E-state index in [-0.39, 0.29) is 18.9 Å². The second-order valence-electron chi connectivity index (χ2n) is 5.89. The van der Waals surface area contributed by atoms with Crippen LogP contribution in [-0.4, -0.2) is 22.7 Å². The van der Waals surface area contributed by atoms with Gasteiger partial charge in [0.1, 0.15) is 5.52 Å². The van der Waals surface area contributed by atoms with Crippen molar-refractivity contribution in [3.05, 3.63) is 47.5 Å². The molecule has 0 N–H and O–H groups in total. The van der Waals surface area contributed by atoms with Gasteiger partial charge in [-0.15, -0.1) is 0 Å². The fraction of sp³-hybridized carbons (Fsp3) is 0.167. The number of halogens is 2. The van der Waals surface area contributed by atoms with Crippen LogP contribution in [0, 0.1) is 5.92 Å². The van der Waals surface area contributed by atoms with Crippen LogP contribution in [0.15, 0.2) is 46.9 Å². The van der Waals surface area contributed by atoms with E-state index in [1.807, 2.05) is 12.1 Å². The Hall–Kier alpha value is -2.37. The van der Waals surface area contributed by atoms with Crippen molar-refractivity contribution in [2.75, 3.05) is 11.4 Å². The van der Waals surface area contributed by atoms with E-state index >= 15 is 0 Å². The monoisotopic (exact) mass is 374 g/mol. The smallest absolute Gasteiger partial charge is 0.227 e. The van der Waals surface area contributed by atoms with Crippen LogP contribution >= 0.6 is 23.2 Å². The Labute approximate surface area is 153 Å². The first-order chi connectivity index (χ1) is 12.0. The molecule has 0 saturated carbocycles. The average Bonchev–Trinajstić information content (AvgIpc) is 3.17. The number of fused-ring (bicyclic) bond motifs is 1. The molecular formula is C18H12Cl2N2O3. The number of hydrogen-bond acceptors (Lipinski definition) is 4. The minimum absolute atomic E-state index is 0.128. The van der Waals surface area contributed by atoms with Gasteiger partial charge in [0, 0.05) is 29.2 Å². The molecule has 0 aliphatic carbocycles. The molecule has 0 bridgehead atoms. The van der Waals surface area contributed by atoms with Crippen molar-refractivity contribution in [1.29, 1.82) is 0 Å². The standard InChI is InChI=1S/C18H12Cl2N2O3/c19-12-3-1-2-10(6-12)18-21-14-8-13(4-5-15(14)25-18)22-9-11(17(20)24)7-16(22)23/h1-6,8,11H,7,9H2. The molecule has 1 unspecified atom stereocenters. The summed E-state index contributed by atoms with van der Waals surface area (Å²) in [6.45, 7) is 0.283. The molecule has 1 saturated heterocycles. The summed E-state index contributed by atoms with van der Waals surface area (Å²) in [7, 11) is 0. The van der Waals surface area contributed by atoms with E-state index in [2.05, 4.69) is 4.98 Å². The maximum atomic E-state index is 12.1. The van der Waals surface area contributed by atoms with E-state index in [9.17, 15) is 9.59 Å². The molecule has 4 rings (SSSR count). The molecule has 0 radical (unpaired) electrons. The molecule has 2 heterocycles. The summed E-state index contributed by atoms with van der Waals surface area (Å²) in [6, 6.07) is 12.5. The number of benzene rings is 2. The third kappa shape index (κ3) is 3.01. The fourth-order valence-corrected chi connectivity index (χ4v) is 3.27. The predicted molar refractivity (Wildman–Crippen MR) is 95.8 cm³/mol. The second-order valence-corrected chi connectivity index (χ2v) is 6.70. The summed E-state index contributed by atoms with van der Waals surface area (Å²) in [5.41, 5.74) is 2.68. The number of oxazole rings is 1. The summed E-state index contributed by atoms with van der Waals surface area (Å²) < 4.78 is 5.76. The molecule has 1 aliphatic heterocycles. The zero-order valence-electron chi connectivity index (χ0n) is 12.9. The quantitative estimate of drug-likeness (QED) is 0.642. The zero-order valence-corrected chi connectivity index (χ0v) is 14.4. The Balaban J connectivity index is 1.69. The lowest BCUT2D eigenvalue weighted by atomic mass is 10.1. The van der Waals surface area contributed by atoms with Crippen LogP contribution < -0.4 is 4.90 Å². The highest BCUT2D eigenvalue weighted by Crippen LogP contribution is 2.31. The lowest BCUT2D eigenvalue weighted by molar-refractivity contribution is -0.120. The van der Waals surface area contributed by atoms with E-state index in [0.29, 0.717) is 27.7 Å². The maximum absolute atomic E-state index is 12.1. The van der Waals surface area contributed by atoms with Gasteiger partial charge in [-0.3, -0.25) is 9.59 Å². The number of hydrogen-bond donors (Lipinski definition) is 0. The molecule has 1 atom stereocenters. The highest BCUT2D eigenvalue weighted by atomic mass is 35.5. The number of anilines is 1. The molecule has 126 valence electrons. The number of nitrogens with zero attached hydrogens (tertiary/aromatic N) is 2. The van der Waals surface area contributed by atoms with Gasteiger partial charge in [0.25, 0.3) is 0 Å². The van der Waals surface area contributed by atoms with Crippen LogP contribution in [0.3, 0.4) is 0 Å². The minimum atomic E-state index is -0.485. The van der Waals surface area contributed by atoms with Crippen molar-refractivity contribution < 1.29 is 14.0 Å². The summed E-state index contributed by atoms with van der Waals surface area (Å²) >= 11 is 11.5. The van der Waals surface area contributed by atoms with Crippen LogP contribution in [-0.2, 0) is 9.59 Å². The fourth-order valence-electron chi connectivity index (χ4n) is 2.94. The first kappa shape index (κ1) is 16.1. The second kappa shape index (κ2) is 6.17. The number of amides is 1. The summed E-state index contributed by atoms with van der Waals surface area (Å²) in [6.07, 6.45) is 0.132. The van der Waals surface area contributed by atoms with Crippen LogP contribution in [0.2, 0.25) is 5.02 Å². The average molecular weight is 375 g/mol. The lowest BCUT2D eigenvalue weighted by Crippen LogP contribution is -2.25. The van der Waals surface area contributed by atoms with Gasteiger partial charge in [-0.25, -0.2) is 4.98 Å². The molecule has 3 aromatic rings. The molecule has 0 spiro atoms. The van der Waals surface area contributed by atoms with E-state index in [0.717, 1.165) is 5.56 Å². The van der Waals surface area contributed by atoms with Gasteiger partial charge in [0.15, 0.2) is 5.58 Å². The first-order valence-corrected chi connectivity index (χ1v) is 8.43. The van der Waals surface area contributed by atoms with Gasteiger partial charge >= 0.3 is 0 Å². The Morgan fingerprint density at radius 2 is 2.08 bits per heavy atom. The van der Waals surface area contributed by atoms with Crippen molar-refractivity contribution in [2.45, 2.75) is 6.42 Å². The molecule has 1 aromatic heterocycles. The molecule has 5 nitrogen and oxygen atoms in total. The normalized spacial score (nSPS) is 17.4. The summed E-state index contributed by atoms with van der Waals surface area (Å²) in [5, 5.41) is 0.112. The van der Waals surface area contributed by atoms with Crippen molar-refractivity contribution in [3.63, 3.8) is 0 Å². The molecule has 7 heteroatoms. The predicted octanol–water partition coefficient (Wildman–Crippen LogP) is 4.27. The number of rotatable bonds is 3. The number of carbonyl (C=O) groups is 2. The summed E-state index contributed by atoms with van der Waals surface area (Å²) in [5.74, 6) is -0.141. The molecule has 25 heavy (non-hydrogen) atoms. The van der Waals surface area contributed by atoms with Gasteiger partial charge in [-0.2, -0.15) is 0 Å². The largest absolute Gasteiger partial charge is 0.436 e. The van der Waals surface area contributed by atoms with Crippen molar-refractivity contribution in [3.8, 4) is 11.5 Å². The SMILES string of the molecule is O=C(Cl)C1CC(=O)N(c2ccc3oc(-c4cccc(Cl)c4)nc3c2)C1. The molecule has 1 amide bonds. The Kier molecular flexibility index (Phi) is 3.98. The van der Waals surface area contributed by atoms with Crippen molar-refractivity contribution in [1.82, 2.24) is 4.98 Å².